The van der Waals surface area contributed by atoms with E-state index in [0.717, 1.165) is 22.6 Å². The molecule has 2 aromatic rings. The highest BCUT2D eigenvalue weighted by Gasteiger charge is 2.26. The smallest absolute Gasteiger partial charge is 0.231 e. The standard InChI is InChI=1S/C19H16O5/c1-21-14-4-2-12(3-5-14)16(20)10-17-15-9-19-18(23-11-24-19)8-13(15)6-7-22-17/h2-9,17H,10-11H2,1H3/t17-/m1/s1. The summed E-state index contributed by atoms with van der Waals surface area (Å²) in [4.78, 5) is 12.6. The summed E-state index contributed by atoms with van der Waals surface area (Å²) in [5, 5.41) is 0. The van der Waals surface area contributed by atoms with Gasteiger partial charge in [-0.15, -0.1) is 0 Å². The van der Waals surface area contributed by atoms with Crippen molar-refractivity contribution in [3.05, 3.63) is 59.4 Å². The number of carbonyl (C=O) groups is 1. The molecule has 122 valence electrons. The Bertz CT molecular complexity index is 807. The molecule has 2 aromatic carbocycles. The van der Waals surface area contributed by atoms with Gasteiger partial charge in [-0.05, 0) is 48.0 Å². The fraction of sp³-hybridized carbons (Fsp3) is 0.211. The maximum absolute atomic E-state index is 12.6. The van der Waals surface area contributed by atoms with Gasteiger partial charge in [0.15, 0.2) is 17.3 Å². The molecule has 5 nitrogen and oxygen atoms in total. The first-order valence-electron chi connectivity index (χ1n) is 7.67. The summed E-state index contributed by atoms with van der Waals surface area (Å²) in [6.07, 6.45) is 3.40. The van der Waals surface area contributed by atoms with E-state index in [0.29, 0.717) is 11.3 Å². The Morgan fingerprint density at radius 2 is 1.92 bits per heavy atom. The van der Waals surface area contributed by atoms with Crippen LogP contribution in [0.3, 0.4) is 0 Å². The maximum atomic E-state index is 12.6. The molecular weight excluding hydrogens is 308 g/mol. The summed E-state index contributed by atoms with van der Waals surface area (Å²) in [6.45, 7) is 0.220. The minimum absolute atomic E-state index is 0.0153. The number of ether oxygens (including phenoxy) is 4. The number of carbonyl (C=O) groups excluding carboxylic acids is 1. The van der Waals surface area contributed by atoms with Gasteiger partial charge in [0, 0.05) is 11.1 Å². The summed E-state index contributed by atoms with van der Waals surface area (Å²) < 4.78 is 21.6. The normalized spacial score (nSPS) is 17.1. The monoisotopic (exact) mass is 324 g/mol. The van der Waals surface area contributed by atoms with E-state index < -0.39 is 0 Å². The Kier molecular flexibility index (Phi) is 3.61. The summed E-state index contributed by atoms with van der Waals surface area (Å²) in [6, 6.07) is 10.9. The molecule has 0 saturated heterocycles. The molecule has 1 atom stereocenters. The third kappa shape index (κ3) is 2.58. The molecule has 0 unspecified atom stereocenters. The van der Waals surface area contributed by atoms with Crippen LogP contribution in [0.1, 0.15) is 34.0 Å². The third-order valence-corrected chi connectivity index (χ3v) is 4.20. The second kappa shape index (κ2) is 5.92. The zero-order valence-electron chi connectivity index (χ0n) is 13.2. The highest BCUT2D eigenvalue weighted by atomic mass is 16.7. The van der Waals surface area contributed by atoms with Gasteiger partial charge in [0.2, 0.25) is 6.79 Å². The molecule has 0 radical (unpaired) electrons. The summed E-state index contributed by atoms with van der Waals surface area (Å²) in [7, 11) is 1.60. The Hall–Kier alpha value is -2.95. The Morgan fingerprint density at radius 3 is 2.67 bits per heavy atom. The van der Waals surface area contributed by atoms with Crippen molar-refractivity contribution in [2.45, 2.75) is 12.5 Å². The van der Waals surface area contributed by atoms with Crippen LogP contribution in [-0.2, 0) is 4.74 Å². The van der Waals surface area contributed by atoms with Gasteiger partial charge in [0.1, 0.15) is 11.9 Å². The van der Waals surface area contributed by atoms with Gasteiger partial charge < -0.3 is 18.9 Å². The van der Waals surface area contributed by atoms with Crippen molar-refractivity contribution in [3.63, 3.8) is 0 Å². The zero-order chi connectivity index (χ0) is 16.5. The van der Waals surface area contributed by atoms with Gasteiger partial charge in [-0.1, -0.05) is 0 Å². The van der Waals surface area contributed by atoms with Crippen LogP contribution in [0.4, 0.5) is 0 Å². The fourth-order valence-corrected chi connectivity index (χ4v) is 2.90. The molecule has 24 heavy (non-hydrogen) atoms. The first-order valence-corrected chi connectivity index (χ1v) is 7.67. The van der Waals surface area contributed by atoms with Crippen molar-refractivity contribution in [2.24, 2.45) is 0 Å². The predicted molar refractivity (Wildman–Crippen MR) is 87.4 cm³/mol. The molecule has 2 aliphatic heterocycles. The van der Waals surface area contributed by atoms with Crippen molar-refractivity contribution in [3.8, 4) is 17.2 Å². The van der Waals surface area contributed by atoms with E-state index >= 15 is 0 Å². The molecule has 0 spiro atoms. The molecule has 0 aliphatic carbocycles. The van der Waals surface area contributed by atoms with Gasteiger partial charge in [-0.3, -0.25) is 4.79 Å². The average Bonchev–Trinajstić information content (AvgIpc) is 3.07. The minimum atomic E-state index is -0.339. The lowest BCUT2D eigenvalue weighted by molar-refractivity contribution is 0.0838. The van der Waals surface area contributed by atoms with E-state index in [-0.39, 0.29) is 25.1 Å². The predicted octanol–water partition coefficient (Wildman–Crippen LogP) is 3.74. The van der Waals surface area contributed by atoms with Crippen LogP contribution < -0.4 is 14.2 Å². The lowest BCUT2D eigenvalue weighted by Crippen LogP contribution is -2.12. The highest BCUT2D eigenvalue weighted by Crippen LogP contribution is 2.41. The maximum Gasteiger partial charge on any atom is 0.231 e. The highest BCUT2D eigenvalue weighted by molar-refractivity contribution is 5.96. The number of hydrogen-bond donors (Lipinski definition) is 0. The molecular formula is C19H16O5. The molecule has 0 amide bonds. The van der Waals surface area contributed by atoms with Crippen LogP contribution in [0.25, 0.3) is 6.08 Å². The van der Waals surface area contributed by atoms with Crippen LogP contribution >= 0.6 is 0 Å². The topological polar surface area (TPSA) is 54.0 Å². The molecule has 0 fully saturated rings. The molecule has 0 N–H and O–H groups in total. The van der Waals surface area contributed by atoms with Crippen molar-refractivity contribution in [1.82, 2.24) is 0 Å². The molecule has 2 aliphatic rings. The number of rotatable bonds is 4. The largest absolute Gasteiger partial charge is 0.497 e. The van der Waals surface area contributed by atoms with Crippen molar-refractivity contribution in [2.75, 3.05) is 13.9 Å². The van der Waals surface area contributed by atoms with E-state index in [2.05, 4.69) is 0 Å². The van der Waals surface area contributed by atoms with Gasteiger partial charge >= 0.3 is 0 Å². The van der Waals surface area contributed by atoms with Gasteiger partial charge in [0.25, 0.3) is 0 Å². The van der Waals surface area contributed by atoms with Gasteiger partial charge in [-0.25, -0.2) is 0 Å². The number of Topliss-reactive ketones (excluding diaryl/α,β-unsaturated/α-hetero) is 1. The summed E-state index contributed by atoms with van der Waals surface area (Å²) >= 11 is 0. The third-order valence-electron chi connectivity index (χ3n) is 4.20. The molecule has 5 heteroatoms. The SMILES string of the molecule is COc1ccc(C(=O)C[C@H]2OC=Cc3cc4c(cc32)OCO4)cc1. The van der Waals surface area contributed by atoms with Crippen molar-refractivity contribution >= 4 is 11.9 Å². The second-order valence-corrected chi connectivity index (χ2v) is 5.62. The molecule has 0 bridgehead atoms. The zero-order valence-corrected chi connectivity index (χ0v) is 13.2. The first-order chi connectivity index (χ1) is 11.7. The Balaban J connectivity index is 1.57. The van der Waals surface area contributed by atoms with E-state index in [9.17, 15) is 4.79 Å². The van der Waals surface area contributed by atoms with Crippen molar-refractivity contribution in [1.29, 1.82) is 0 Å². The number of benzene rings is 2. The second-order valence-electron chi connectivity index (χ2n) is 5.62. The van der Waals surface area contributed by atoms with Crippen LogP contribution in [0.5, 0.6) is 17.2 Å². The number of ketones is 1. The number of methoxy groups -OCH3 is 1. The van der Waals surface area contributed by atoms with Crippen LogP contribution in [0.2, 0.25) is 0 Å². The van der Waals surface area contributed by atoms with E-state index in [4.69, 9.17) is 18.9 Å². The van der Waals surface area contributed by atoms with E-state index in [1.54, 1.807) is 37.6 Å². The average molecular weight is 324 g/mol. The van der Waals surface area contributed by atoms with E-state index in [1.165, 1.54) is 0 Å². The number of hydrogen-bond acceptors (Lipinski definition) is 5. The Labute approximate surface area is 139 Å². The molecule has 2 heterocycles. The summed E-state index contributed by atoms with van der Waals surface area (Å²) in [5.41, 5.74) is 2.55. The molecule has 0 aromatic heterocycles. The first kappa shape index (κ1) is 14.6. The van der Waals surface area contributed by atoms with Crippen LogP contribution in [-0.4, -0.2) is 19.7 Å². The van der Waals surface area contributed by atoms with E-state index in [1.807, 2.05) is 18.2 Å². The Morgan fingerprint density at radius 1 is 1.17 bits per heavy atom. The van der Waals surface area contributed by atoms with Crippen molar-refractivity contribution < 1.29 is 23.7 Å². The van der Waals surface area contributed by atoms with Crippen LogP contribution in [0.15, 0.2) is 42.7 Å². The van der Waals surface area contributed by atoms with Gasteiger partial charge in [0.05, 0.1) is 19.8 Å². The summed E-state index contributed by atoms with van der Waals surface area (Å²) in [5.74, 6) is 2.15. The lowest BCUT2D eigenvalue weighted by Gasteiger charge is -2.22. The molecule has 0 saturated carbocycles. The lowest BCUT2D eigenvalue weighted by atomic mass is 9.94. The van der Waals surface area contributed by atoms with Gasteiger partial charge in [-0.2, -0.15) is 0 Å². The number of fused-ring (bicyclic) bond motifs is 2. The fourth-order valence-electron chi connectivity index (χ4n) is 2.90. The minimum Gasteiger partial charge on any atom is -0.497 e. The quantitative estimate of drug-likeness (QED) is 0.802. The van der Waals surface area contributed by atoms with Crippen LogP contribution in [0, 0.1) is 0 Å². The molecule has 4 rings (SSSR count).